The van der Waals surface area contributed by atoms with Crippen molar-refractivity contribution >= 4 is 64.7 Å². The zero-order valence-corrected chi connectivity index (χ0v) is 14.4. The number of benzene rings is 4. The molecule has 4 heteroatoms. The molecule has 0 aliphatic rings. The van der Waals surface area contributed by atoms with Gasteiger partial charge in [-0.3, -0.25) is 4.79 Å². The summed E-state index contributed by atoms with van der Waals surface area (Å²) < 4.78 is 15.2. The fraction of sp³-hybridized carbons (Fsp3) is 0. The fourth-order valence-electron chi connectivity index (χ4n) is 3.29. The third-order valence-corrected chi connectivity index (χ3v) is 5.88. The molecule has 0 saturated carbocycles. The highest BCUT2D eigenvalue weighted by Crippen LogP contribution is 2.31. The van der Waals surface area contributed by atoms with E-state index < -0.39 is 5.82 Å². The molecule has 0 atom stereocenters. The summed E-state index contributed by atoms with van der Waals surface area (Å²) in [4.78, 5) is 12.8. The lowest BCUT2D eigenvalue weighted by atomic mass is 10.0. The van der Waals surface area contributed by atoms with Crippen molar-refractivity contribution in [2.45, 2.75) is 0 Å². The minimum absolute atomic E-state index is 0.128. The van der Waals surface area contributed by atoms with Gasteiger partial charge >= 0.3 is 0 Å². The third kappa shape index (κ3) is 2.31. The zero-order chi connectivity index (χ0) is 17.1. The average molecular weight is 365 g/mol. The molecule has 1 nitrogen and oxygen atoms in total. The van der Waals surface area contributed by atoms with Gasteiger partial charge < -0.3 is 0 Å². The molecule has 120 valence electrons. The molecule has 0 radical (unpaired) electrons. The van der Waals surface area contributed by atoms with E-state index in [1.807, 2.05) is 36.4 Å². The lowest BCUT2D eigenvalue weighted by Crippen LogP contribution is -2.01. The normalized spacial score (nSPS) is 11.8. The molecule has 4 aromatic carbocycles. The SMILES string of the molecule is O=c1c2cc(F)ccc2sc2cc3cc4ccc(Cl)cc4cc3cc12. The standard InChI is InChI=1S/C21H10ClFOS/c22-15-2-1-11-5-14-9-20-17(8-13(14)6-12(11)7-15)21(24)18-10-16(23)3-4-19(18)25-20/h1-10H. The predicted molar refractivity (Wildman–Crippen MR) is 106 cm³/mol. The van der Waals surface area contributed by atoms with Gasteiger partial charge in [-0.05, 0) is 76.1 Å². The quantitative estimate of drug-likeness (QED) is 0.286. The first kappa shape index (κ1) is 14.8. The summed E-state index contributed by atoms with van der Waals surface area (Å²) in [7, 11) is 0. The summed E-state index contributed by atoms with van der Waals surface area (Å²) in [6, 6.07) is 18.2. The van der Waals surface area contributed by atoms with Crippen molar-refractivity contribution in [1.82, 2.24) is 0 Å². The van der Waals surface area contributed by atoms with E-state index >= 15 is 0 Å². The van der Waals surface area contributed by atoms with Crippen LogP contribution in [0.4, 0.5) is 4.39 Å². The second-order valence-electron chi connectivity index (χ2n) is 6.11. The van der Waals surface area contributed by atoms with Gasteiger partial charge in [0, 0.05) is 25.2 Å². The first-order chi connectivity index (χ1) is 12.1. The van der Waals surface area contributed by atoms with Crippen molar-refractivity contribution in [3.05, 3.63) is 81.7 Å². The summed E-state index contributed by atoms with van der Waals surface area (Å²) >= 11 is 7.60. The van der Waals surface area contributed by atoms with Crippen molar-refractivity contribution in [3.8, 4) is 0 Å². The molecule has 0 aliphatic carbocycles. The molecule has 1 aromatic heterocycles. The van der Waals surface area contributed by atoms with Crippen LogP contribution in [0.5, 0.6) is 0 Å². The fourth-order valence-corrected chi connectivity index (χ4v) is 4.56. The van der Waals surface area contributed by atoms with Gasteiger partial charge in [0.2, 0.25) is 0 Å². The van der Waals surface area contributed by atoms with E-state index in [2.05, 4.69) is 6.07 Å². The highest BCUT2D eigenvalue weighted by molar-refractivity contribution is 7.24. The molecular weight excluding hydrogens is 355 g/mol. The second kappa shape index (κ2) is 5.25. The zero-order valence-electron chi connectivity index (χ0n) is 12.8. The van der Waals surface area contributed by atoms with Crippen LogP contribution in [0.1, 0.15) is 0 Å². The smallest absolute Gasteiger partial charge is 0.195 e. The molecule has 5 aromatic rings. The molecule has 1 heterocycles. The Morgan fingerprint density at radius 2 is 1.44 bits per heavy atom. The Kier molecular flexibility index (Phi) is 3.11. The Hall–Kier alpha value is -2.49. The number of rotatable bonds is 0. The Morgan fingerprint density at radius 1 is 0.720 bits per heavy atom. The molecule has 0 amide bonds. The molecule has 0 N–H and O–H groups in total. The number of hydrogen-bond donors (Lipinski definition) is 0. The maximum atomic E-state index is 13.5. The van der Waals surface area contributed by atoms with Gasteiger partial charge in [-0.15, -0.1) is 11.3 Å². The van der Waals surface area contributed by atoms with Crippen LogP contribution in [0.3, 0.4) is 0 Å². The summed E-state index contributed by atoms with van der Waals surface area (Å²) in [6.07, 6.45) is 0. The van der Waals surface area contributed by atoms with E-state index in [0.29, 0.717) is 15.8 Å². The highest BCUT2D eigenvalue weighted by Gasteiger charge is 2.09. The maximum absolute atomic E-state index is 13.5. The molecule has 0 spiro atoms. The largest absolute Gasteiger partial charge is 0.289 e. The van der Waals surface area contributed by atoms with Crippen LogP contribution in [0.15, 0.2) is 65.5 Å². The maximum Gasteiger partial charge on any atom is 0.195 e. The molecule has 0 aliphatic heterocycles. The predicted octanol–water partition coefficient (Wildman–Crippen LogP) is 6.51. The summed E-state index contributed by atoms with van der Waals surface area (Å²) in [5.74, 6) is -0.391. The molecule has 5 rings (SSSR count). The summed E-state index contributed by atoms with van der Waals surface area (Å²) in [6.45, 7) is 0. The minimum atomic E-state index is -0.391. The topological polar surface area (TPSA) is 17.1 Å². The van der Waals surface area contributed by atoms with Gasteiger partial charge in [-0.25, -0.2) is 4.39 Å². The lowest BCUT2D eigenvalue weighted by molar-refractivity contribution is 0.630. The van der Waals surface area contributed by atoms with Crippen LogP contribution >= 0.6 is 22.9 Å². The van der Waals surface area contributed by atoms with Crippen LogP contribution in [-0.4, -0.2) is 0 Å². The summed E-state index contributed by atoms with van der Waals surface area (Å²) in [5.41, 5.74) is -0.128. The molecule has 0 bridgehead atoms. The van der Waals surface area contributed by atoms with Gasteiger partial charge in [-0.2, -0.15) is 0 Å². The van der Waals surface area contributed by atoms with E-state index in [0.717, 1.165) is 30.9 Å². The Labute approximate surface area is 150 Å². The average Bonchev–Trinajstić information content (AvgIpc) is 2.60. The second-order valence-corrected chi connectivity index (χ2v) is 7.63. The third-order valence-electron chi connectivity index (χ3n) is 4.51. The van der Waals surface area contributed by atoms with E-state index in [-0.39, 0.29) is 5.43 Å². The van der Waals surface area contributed by atoms with Crippen molar-refractivity contribution in [1.29, 1.82) is 0 Å². The van der Waals surface area contributed by atoms with Crippen LogP contribution in [0.2, 0.25) is 5.02 Å². The molecule has 25 heavy (non-hydrogen) atoms. The monoisotopic (exact) mass is 364 g/mol. The molecule has 0 fully saturated rings. The van der Waals surface area contributed by atoms with Crippen molar-refractivity contribution in [2.75, 3.05) is 0 Å². The van der Waals surface area contributed by atoms with E-state index in [1.54, 1.807) is 6.07 Å². The molecule has 0 saturated heterocycles. The van der Waals surface area contributed by atoms with Crippen molar-refractivity contribution < 1.29 is 4.39 Å². The van der Waals surface area contributed by atoms with E-state index in [4.69, 9.17) is 11.6 Å². The van der Waals surface area contributed by atoms with Gasteiger partial charge in [0.05, 0.1) is 0 Å². The highest BCUT2D eigenvalue weighted by atomic mass is 35.5. The first-order valence-electron chi connectivity index (χ1n) is 7.78. The van der Waals surface area contributed by atoms with Gasteiger partial charge in [0.15, 0.2) is 5.43 Å². The number of hydrogen-bond acceptors (Lipinski definition) is 2. The number of halogens is 2. The van der Waals surface area contributed by atoms with Gasteiger partial charge in [-0.1, -0.05) is 17.7 Å². The number of fused-ring (bicyclic) bond motifs is 4. The minimum Gasteiger partial charge on any atom is -0.289 e. The Bertz CT molecular complexity index is 1390. The van der Waals surface area contributed by atoms with Crippen molar-refractivity contribution in [2.24, 2.45) is 0 Å². The van der Waals surface area contributed by atoms with Crippen LogP contribution in [0, 0.1) is 5.82 Å². The van der Waals surface area contributed by atoms with E-state index in [1.165, 1.54) is 23.5 Å². The Balaban J connectivity index is 1.94. The first-order valence-corrected chi connectivity index (χ1v) is 8.97. The molecular formula is C21H10ClFOS. The van der Waals surface area contributed by atoms with Crippen LogP contribution < -0.4 is 5.43 Å². The van der Waals surface area contributed by atoms with Crippen LogP contribution in [0.25, 0.3) is 41.7 Å². The van der Waals surface area contributed by atoms with Crippen molar-refractivity contribution in [3.63, 3.8) is 0 Å². The van der Waals surface area contributed by atoms with Gasteiger partial charge in [0.25, 0.3) is 0 Å². The molecule has 0 unspecified atom stereocenters. The van der Waals surface area contributed by atoms with E-state index in [9.17, 15) is 9.18 Å². The van der Waals surface area contributed by atoms with Gasteiger partial charge in [0.1, 0.15) is 5.82 Å². The lowest BCUT2D eigenvalue weighted by Gasteiger charge is -2.06. The summed E-state index contributed by atoms with van der Waals surface area (Å²) in [5, 5.41) is 5.91. The Morgan fingerprint density at radius 3 is 2.32 bits per heavy atom. The van der Waals surface area contributed by atoms with Crippen LogP contribution in [-0.2, 0) is 0 Å².